The number of unbranched alkanes of at least 4 members (excludes halogenated alkanes) is 1. The van der Waals surface area contributed by atoms with E-state index in [0.717, 1.165) is 36.8 Å². The molecule has 0 amide bonds. The fourth-order valence-corrected chi connectivity index (χ4v) is 1.97. The smallest absolute Gasteiger partial charge is 0.339 e. The van der Waals surface area contributed by atoms with Crippen LogP contribution in [0.25, 0.3) is 0 Å². The van der Waals surface area contributed by atoms with Gasteiger partial charge in [-0.15, -0.1) is 0 Å². The van der Waals surface area contributed by atoms with Gasteiger partial charge in [0.1, 0.15) is 0 Å². The lowest BCUT2D eigenvalue weighted by atomic mass is 10.0. The number of methoxy groups -OCH3 is 1. The Morgan fingerprint density at radius 3 is 2.59 bits per heavy atom. The molecule has 0 atom stereocenters. The summed E-state index contributed by atoms with van der Waals surface area (Å²) >= 11 is 0. The number of nitrogens with one attached hydrogen (secondary N) is 1. The van der Waals surface area contributed by atoms with Crippen LogP contribution in [0.15, 0.2) is 0 Å². The Hall–Kier alpha value is -1.58. The Bertz CT molecular complexity index is 407. The van der Waals surface area contributed by atoms with Crippen molar-refractivity contribution in [2.24, 2.45) is 0 Å². The van der Waals surface area contributed by atoms with Gasteiger partial charge in [-0.1, -0.05) is 20.3 Å². The maximum atomic E-state index is 11.7. The van der Waals surface area contributed by atoms with E-state index in [9.17, 15) is 9.59 Å². The summed E-state index contributed by atoms with van der Waals surface area (Å²) in [6.07, 6.45) is 4.19. The summed E-state index contributed by atoms with van der Waals surface area (Å²) in [4.78, 5) is 25.7. The monoisotopic (exact) mass is 237 g/mol. The van der Waals surface area contributed by atoms with Gasteiger partial charge in [0, 0.05) is 5.69 Å². The van der Waals surface area contributed by atoms with E-state index in [1.54, 1.807) is 0 Å². The van der Waals surface area contributed by atoms with Gasteiger partial charge >= 0.3 is 5.97 Å². The van der Waals surface area contributed by atoms with Gasteiger partial charge in [-0.25, -0.2) is 4.79 Å². The number of ether oxygens (including phenoxy) is 1. The van der Waals surface area contributed by atoms with E-state index in [1.807, 2.05) is 6.92 Å². The molecule has 1 aromatic rings. The minimum atomic E-state index is -0.364. The average Bonchev–Trinajstić information content (AvgIpc) is 2.72. The molecule has 0 saturated carbocycles. The maximum Gasteiger partial charge on any atom is 0.339 e. The van der Waals surface area contributed by atoms with Crippen molar-refractivity contribution in [3.8, 4) is 0 Å². The van der Waals surface area contributed by atoms with Gasteiger partial charge in [0.05, 0.1) is 18.4 Å². The predicted octanol–water partition coefficient (Wildman–Crippen LogP) is 2.52. The highest BCUT2D eigenvalue weighted by molar-refractivity contribution is 5.95. The molecule has 0 bridgehead atoms. The first-order valence-electron chi connectivity index (χ1n) is 5.96. The molecule has 0 unspecified atom stereocenters. The fourth-order valence-electron chi connectivity index (χ4n) is 1.97. The Morgan fingerprint density at radius 1 is 1.41 bits per heavy atom. The number of H-pyrrole nitrogens is 1. The van der Waals surface area contributed by atoms with Crippen LogP contribution in [0.2, 0.25) is 0 Å². The van der Waals surface area contributed by atoms with E-state index < -0.39 is 0 Å². The van der Waals surface area contributed by atoms with Crippen LogP contribution in [-0.2, 0) is 17.6 Å². The van der Waals surface area contributed by atoms with Gasteiger partial charge in [-0.2, -0.15) is 0 Å². The van der Waals surface area contributed by atoms with Crippen LogP contribution >= 0.6 is 0 Å². The molecule has 0 aliphatic carbocycles. The molecular weight excluding hydrogens is 218 g/mol. The highest BCUT2D eigenvalue weighted by Gasteiger charge is 2.21. The lowest BCUT2D eigenvalue weighted by Crippen LogP contribution is -2.07. The van der Waals surface area contributed by atoms with Gasteiger partial charge in [0.25, 0.3) is 0 Å². The second kappa shape index (κ2) is 6.23. The number of rotatable bonds is 6. The SMILES string of the molecule is CCCCc1[nH]c(C=O)c(CC)c1C(=O)OC. The standard InChI is InChI=1S/C13H19NO3/c1-4-6-7-10-12(13(16)17-3)9(5-2)11(8-15)14-10/h8,14H,4-7H2,1-3H3. The molecule has 0 spiro atoms. The van der Waals surface area contributed by atoms with Crippen molar-refractivity contribution in [3.05, 3.63) is 22.5 Å². The van der Waals surface area contributed by atoms with Crippen molar-refractivity contribution >= 4 is 12.3 Å². The number of hydrogen-bond acceptors (Lipinski definition) is 3. The van der Waals surface area contributed by atoms with E-state index in [0.29, 0.717) is 17.7 Å². The van der Waals surface area contributed by atoms with Crippen molar-refractivity contribution in [1.29, 1.82) is 0 Å². The zero-order chi connectivity index (χ0) is 12.8. The van der Waals surface area contributed by atoms with E-state index >= 15 is 0 Å². The summed E-state index contributed by atoms with van der Waals surface area (Å²) in [5.74, 6) is -0.364. The van der Waals surface area contributed by atoms with Crippen LogP contribution in [0.4, 0.5) is 0 Å². The van der Waals surface area contributed by atoms with Gasteiger partial charge < -0.3 is 9.72 Å². The molecule has 0 aromatic carbocycles. The highest BCUT2D eigenvalue weighted by Crippen LogP contribution is 2.21. The Labute approximate surface area is 101 Å². The summed E-state index contributed by atoms with van der Waals surface area (Å²) in [7, 11) is 1.36. The number of carbonyl (C=O) groups excluding carboxylic acids is 2. The van der Waals surface area contributed by atoms with Crippen LogP contribution in [0, 0.1) is 0 Å². The van der Waals surface area contributed by atoms with Crippen LogP contribution in [0.1, 0.15) is 58.8 Å². The second-order valence-corrected chi connectivity index (χ2v) is 3.94. The highest BCUT2D eigenvalue weighted by atomic mass is 16.5. The molecule has 1 aromatic heterocycles. The van der Waals surface area contributed by atoms with Gasteiger partial charge in [0.15, 0.2) is 6.29 Å². The molecule has 1 N–H and O–H groups in total. The minimum Gasteiger partial charge on any atom is -0.465 e. The van der Waals surface area contributed by atoms with E-state index in [1.165, 1.54) is 7.11 Å². The summed E-state index contributed by atoms with van der Waals surface area (Å²) < 4.78 is 4.78. The minimum absolute atomic E-state index is 0.364. The predicted molar refractivity (Wildman–Crippen MR) is 65.5 cm³/mol. The molecule has 0 aliphatic rings. The number of esters is 1. The molecule has 17 heavy (non-hydrogen) atoms. The number of aromatic nitrogens is 1. The van der Waals surface area contributed by atoms with Crippen LogP contribution in [0.5, 0.6) is 0 Å². The maximum absolute atomic E-state index is 11.7. The molecule has 0 saturated heterocycles. The lowest BCUT2D eigenvalue weighted by molar-refractivity contribution is 0.0598. The third kappa shape index (κ3) is 2.75. The first kappa shape index (κ1) is 13.5. The van der Waals surface area contributed by atoms with Crippen LogP contribution in [0.3, 0.4) is 0 Å². The number of aldehydes is 1. The third-order valence-electron chi connectivity index (χ3n) is 2.86. The second-order valence-electron chi connectivity index (χ2n) is 3.94. The normalized spacial score (nSPS) is 10.3. The Morgan fingerprint density at radius 2 is 2.12 bits per heavy atom. The van der Waals surface area contributed by atoms with Crippen molar-refractivity contribution in [2.45, 2.75) is 39.5 Å². The summed E-state index contributed by atoms with van der Waals surface area (Å²) in [6, 6.07) is 0. The number of aromatic amines is 1. The molecule has 4 nitrogen and oxygen atoms in total. The lowest BCUT2D eigenvalue weighted by Gasteiger charge is -2.03. The van der Waals surface area contributed by atoms with E-state index in [2.05, 4.69) is 11.9 Å². The van der Waals surface area contributed by atoms with Crippen LogP contribution < -0.4 is 0 Å². The summed E-state index contributed by atoms with van der Waals surface area (Å²) in [5.41, 5.74) is 2.63. The largest absolute Gasteiger partial charge is 0.465 e. The van der Waals surface area contributed by atoms with Crippen LogP contribution in [-0.4, -0.2) is 24.3 Å². The molecule has 0 aliphatic heterocycles. The van der Waals surface area contributed by atoms with Gasteiger partial charge in [-0.05, 0) is 24.8 Å². The molecule has 1 rings (SSSR count). The van der Waals surface area contributed by atoms with Crippen molar-refractivity contribution < 1.29 is 14.3 Å². The molecule has 0 fully saturated rings. The van der Waals surface area contributed by atoms with Gasteiger partial charge in [0.2, 0.25) is 0 Å². The van der Waals surface area contributed by atoms with E-state index in [-0.39, 0.29) is 5.97 Å². The summed E-state index contributed by atoms with van der Waals surface area (Å²) in [6.45, 7) is 4.01. The molecule has 94 valence electrons. The molecule has 0 radical (unpaired) electrons. The number of hydrogen-bond donors (Lipinski definition) is 1. The van der Waals surface area contributed by atoms with Crippen molar-refractivity contribution in [3.63, 3.8) is 0 Å². The summed E-state index contributed by atoms with van der Waals surface area (Å²) in [5, 5.41) is 0. The van der Waals surface area contributed by atoms with Crippen molar-refractivity contribution in [1.82, 2.24) is 4.98 Å². The van der Waals surface area contributed by atoms with Gasteiger partial charge in [-0.3, -0.25) is 4.79 Å². The number of carbonyl (C=O) groups is 2. The topological polar surface area (TPSA) is 59.2 Å². The fraction of sp³-hybridized carbons (Fsp3) is 0.538. The number of aryl methyl sites for hydroxylation is 1. The molecule has 1 heterocycles. The van der Waals surface area contributed by atoms with E-state index in [4.69, 9.17) is 4.74 Å². The Balaban J connectivity index is 3.22. The first-order chi connectivity index (χ1) is 8.19. The first-order valence-corrected chi connectivity index (χ1v) is 5.96. The zero-order valence-corrected chi connectivity index (χ0v) is 10.6. The zero-order valence-electron chi connectivity index (χ0n) is 10.6. The van der Waals surface area contributed by atoms with Crippen molar-refractivity contribution in [2.75, 3.05) is 7.11 Å². The quantitative estimate of drug-likeness (QED) is 0.611. The molecular formula is C13H19NO3. The third-order valence-corrected chi connectivity index (χ3v) is 2.86. The molecule has 4 heteroatoms. The average molecular weight is 237 g/mol. The Kier molecular flexibility index (Phi) is 4.94.